The van der Waals surface area contributed by atoms with E-state index in [2.05, 4.69) is 10.2 Å². The first-order chi connectivity index (χ1) is 14.5. The molecule has 0 bridgehead atoms. The van der Waals surface area contributed by atoms with Crippen molar-refractivity contribution in [3.05, 3.63) is 41.5 Å². The van der Waals surface area contributed by atoms with Crippen LogP contribution in [0.3, 0.4) is 0 Å². The molecule has 1 saturated heterocycles. The maximum absolute atomic E-state index is 12.9. The molecule has 0 aliphatic carbocycles. The fourth-order valence-corrected chi connectivity index (χ4v) is 4.21. The van der Waals surface area contributed by atoms with Crippen molar-refractivity contribution in [2.45, 2.75) is 19.0 Å². The lowest BCUT2D eigenvalue weighted by molar-refractivity contribution is 0.0719. The number of ether oxygens (including phenoxy) is 3. The molecule has 0 radical (unpaired) electrons. The predicted molar refractivity (Wildman–Crippen MR) is 113 cm³/mol. The highest BCUT2D eigenvalue weighted by atomic mass is 16.5. The van der Waals surface area contributed by atoms with E-state index in [9.17, 15) is 9.59 Å². The van der Waals surface area contributed by atoms with Crippen molar-refractivity contribution < 1.29 is 23.8 Å². The van der Waals surface area contributed by atoms with Gasteiger partial charge in [-0.15, -0.1) is 0 Å². The second kappa shape index (κ2) is 7.78. The van der Waals surface area contributed by atoms with E-state index in [1.807, 2.05) is 11.9 Å². The van der Waals surface area contributed by atoms with Gasteiger partial charge in [0.1, 0.15) is 6.17 Å². The third kappa shape index (κ3) is 3.18. The molecule has 0 aromatic heterocycles. The van der Waals surface area contributed by atoms with Gasteiger partial charge in [0.05, 0.1) is 32.6 Å². The molecule has 158 valence electrons. The Labute approximate surface area is 175 Å². The molecular weight excluding hydrogens is 386 g/mol. The van der Waals surface area contributed by atoms with Crippen LogP contribution < -0.4 is 24.4 Å². The van der Waals surface area contributed by atoms with Gasteiger partial charge in [-0.25, -0.2) is 0 Å². The largest absolute Gasteiger partial charge is 0.493 e. The lowest BCUT2D eigenvalue weighted by Gasteiger charge is -2.40. The smallest absolute Gasteiger partial charge is 0.257 e. The molecule has 2 aromatic carbocycles. The monoisotopic (exact) mass is 411 g/mol. The molecule has 0 unspecified atom stereocenters. The minimum Gasteiger partial charge on any atom is -0.493 e. The zero-order valence-corrected chi connectivity index (χ0v) is 17.5. The van der Waals surface area contributed by atoms with E-state index in [4.69, 9.17) is 14.2 Å². The van der Waals surface area contributed by atoms with Crippen LogP contribution in [0.5, 0.6) is 17.2 Å². The third-order valence-electron chi connectivity index (χ3n) is 5.72. The van der Waals surface area contributed by atoms with Crippen LogP contribution in [0.2, 0.25) is 0 Å². The Hall–Kier alpha value is -3.42. The number of benzene rings is 2. The zero-order chi connectivity index (χ0) is 21.4. The van der Waals surface area contributed by atoms with Crippen LogP contribution in [-0.2, 0) is 0 Å². The molecule has 30 heavy (non-hydrogen) atoms. The van der Waals surface area contributed by atoms with Gasteiger partial charge in [0.2, 0.25) is 5.75 Å². The number of amides is 2. The molecule has 2 aromatic rings. The quantitative estimate of drug-likeness (QED) is 0.815. The molecule has 2 aliphatic heterocycles. The van der Waals surface area contributed by atoms with Gasteiger partial charge in [-0.2, -0.15) is 0 Å². The number of anilines is 2. The molecule has 4 rings (SSSR count). The number of rotatable bonds is 5. The maximum Gasteiger partial charge on any atom is 0.257 e. The SMILES string of the molecule is COc1cc(NC(=O)c2ccc3c(c2)N(C)[C@@H]2CCCN2C3=O)cc(OC)c1OC. The molecule has 8 nitrogen and oxygen atoms in total. The molecule has 0 saturated carbocycles. The second-order valence-electron chi connectivity index (χ2n) is 7.33. The summed E-state index contributed by atoms with van der Waals surface area (Å²) in [5, 5.41) is 2.87. The number of hydrogen-bond donors (Lipinski definition) is 1. The highest BCUT2D eigenvalue weighted by Gasteiger charge is 2.38. The fourth-order valence-electron chi connectivity index (χ4n) is 4.21. The Morgan fingerprint density at radius 3 is 2.40 bits per heavy atom. The highest BCUT2D eigenvalue weighted by molar-refractivity contribution is 6.08. The summed E-state index contributed by atoms with van der Waals surface area (Å²) in [4.78, 5) is 29.7. The average Bonchev–Trinajstić information content (AvgIpc) is 3.26. The molecule has 2 amide bonds. The topological polar surface area (TPSA) is 80.3 Å². The van der Waals surface area contributed by atoms with Gasteiger partial charge in [0.15, 0.2) is 11.5 Å². The molecule has 1 fully saturated rings. The van der Waals surface area contributed by atoms with Gasteiger partial charge in [-0.3, -0.25) is 9.59 Å². The van der Waals surface area contributed by atoms with Gasteiger partial charge >= 0.3 is 0 Å². The lowest BCUT2D eigenvalue weighted by atomic mass is 10.0. The van der Waals surface area contributed by atoms with Gasteiger partial charge in [-0.1, -0.05) is 0 Å². The van der Waals surface area contributed by atoms with Crippen molar-refractivity contribution in [2.75, 3.05) is 45.1 Å². The maximum atomic E-state index is 12.9. The van der Waals surface area contributed by atoms with Crippen LogP contribution >= 0.6 is 0 Å². The van der Waals surface area contributed by atoms with Crippen molar-refractivity contribution in [2.24, 2.45) is 0 Å². The summed E-state index contributed by atoms with van der Waals surface area (Å²) in [6.45, 7) is 0.774. The Morgan fingerprint density at radius 2 is 1.77 bits per heavy atom. The Kier molecular flexibility index (Phi) is 5.15. The van der Waals surface area contributed by atoms with Crippen LogP contribution in [0.25, 0.3) is 0 Å². The predicted octanol–water partition coefficient (Wildman–Crippen LogP) is 2.98. The standard InChI is InChI=1S/C22H25N3O5/c1-24-16-10-13(7-8-15(16)22(27)25-9-5-6-19(24)25)21(26)23-14-11-17(28-2)20(30-4)18(12-14)29-3/h7-8,10-12,19H,5-6,9H2,1-4H3,(H,23,26)/t19-/m0/s1. The Bertz CT molecular complexity index is 981. The van der Waals surface area contributed by atoms with E-state index >= 15 is 0 Å². The van der Waals surface area contributed by atoms with E-state index < -0.39 is 0 Å². The summed E-state index contributed by atoms with van der Waals surface area (Å²) in [5.74, 6) is 1.09. The van der Waals surface area contributed by atoms with Crippen molar-refractivity contribution in [1.29, 1.82) is 0 Å². The minimum absolute atomic E-state index is 0.0298. The zero-order valence-electron chi connectivity index (χ0n) is 17.5. The number of nitrogens with zero attached hydrogens (tertiary/aromatic N) is 2. The normalized spacial score (nSPS) is 17.3. The van der Waals surface area contributed by atoms with Crippen molar-refractivity contribution >= 4 is 23.2 Å². The molecular formula is C22H25N3O5. The van der Waals surface area contributed by atoms with Crippen LogP contribution in [-0.4, -0.2) is 57.8 Å². The van der Waals surface area contributed by atoms with Gasteiger partial charge in [0.25, 0.3) is 11.8 Å². The summed E-state index contributed by atoms with van der Waals surface area (Å²) in [6.07, 6.45) is 1.98. The number of nitrogens with one attached hydrogen (secondary N) is 1. The number of carbonyl (C=O) groups excluding carboxylic acids is 2. The molecule has 2 heterocycles. The van der Waals surface area contributed by atoms with E-state index in [-0.39, 0.29) is 18.0 Å². The summed E-state index contributed by atoms with van der Waals surface area (Å²) >= 11 is 0. The molecule has 8 heteroatoms. The van der Waals surface area contributed by atoms with Gasteiger partial charge < -0.3 is 29.3 Å². The van der Waals surface area contributed by atoms with Gasteiger partial charge in [-0.05, 0) is 31.0 Å². The highest BCUT2D eigenvalue weighted by Crippen LogP contribution is 2.40. The van der Waals surface area contributed by atoms with Crippen LogP contribution in [0, 0.1) is 0 Å². The first-order valence-corrected chi connectivity index (χ1v) is 9.77. The molecule has 2 aliphatic rings. The molecule has 1 atom stereocenters. The van der Waals surface area contributed by atoms with E-state index in [1.165, 1.54) is 21.3 Å². The van der Waals surface area contributed by atoms with Crippen LogP contribution in [0.4, 0.5) is 11.4 Å². The average molecular weight is 411 g/mol. The summed E-state index contributed by atoms with van der Waals surface area (Å²) < 4.78 is 16.0. The van der Waals surface area contributed by atoms with Crippen molar-refractivity contribution in [3.63, 3.8) is 0 Å². The Morgan fingerprint density at radius 1 is 1.07 bits per heavy atom. The Balaban J connectivity index is 1.63. The summed E-state index contributed by atoms with van der Waals surface area (Å²) in [6, 6.07) is 8.52. The van der Waals surface area contributed by atoms with Crippen LogP contribution in [0.1, 0.15) is 33.6 Å². The van der Waals surface area contributed by atoms with Crippen molar-refractivity contribution in [1.82, 2.24) is 4.90 Å². The first-order valence-electron chi connectivity index (χ1n) is 9.77. The van der Waals surface area contributed by atoms with Gasteiger partial charge in [0, 0.05) is 37.0 Å². The number of methoxy groups -OCH3 is 3. The number of carbonyl (C=O) groups is 2. The summed E-state index contributed by atoms with van der Waals surface area (Å²) in [7, 11) is 6.53. The van der Waals surface area contributed by atoms with Crippen molar-refractivity contribution in [3.8, 4) is 17.2 Å². The number of fused-ring (bicyclic) bond motifs is 2. The first kappa shape index (κ1) is 19.9. The second-order valence-corrected chi connectivity index (χ2v) is 7.33. The minimum atomic E-state index is -0.290. The lowest BCUT2D eigenvalue weighted by Crippen LogP contribution is -2.50. The van der Waals surface area contributed by atoms with E-state index in [1.54, 1.807) is 30.3 Å². The molecule has 1 N–H and O–H groups in total. The molecule has 0 spiro atoms. The summed E-state index contributed by atoms with van der Waals surface area (Å²) in [5.41, 5.74) is 2.38. The third-order valence-corrected chi connectivity index (χ3v) is 5.72. The van der Waals surface area contributed by atoms with E-state index in [0.717, 1.165) is 25.1 Å². The van der Waals surface area contributed by atoms with Crippen LogP contribution in [0.15, 0.2) is 30.3 Å². The van der Waals surface area contributed by atoms with E-state index in [0.29, 0.717) is 34.1 Å². The fraction of sp³-hybridized carbons (Fsp3) is 0.364. The number of hydrogen-bond acceptors (Lipinski definition) is 6.